The first kappa shape index (κ1) is 13.7. The molecule has 20 heavy (non-hydrogen) atoms. The fraction of sp³-hybridized carbons (Fsp3) is 0.462. The Morgan fingerprint density at radius 2 is 2.10 bits per heavy atom. The van der Waals surface area contributed by atoms with Crippen LogP contribution in [0, 0.1) is 0 Å². The number of rotatable bonds is 3. The number of hydrogen-bond acceptors (Lipinski definition) is 7. The van der Waals surface area contributed by atoms with Crippen LogP contribution in [0.25, 0.3) is 10.2 Å². The molecule has 0 amide bonds. The summed E-state index contributed by atoms with van der Waals surface area (Å²) in [4.78, 5) is 4.42. The molecule has 7 heteroatoms. The molecule has 1 aromatic carbocycles. The number of anilines is 1. The first-order chi connectivity index (χ1) is 9.69. The van der Waals surface area contributed by atoms with Gasteiger partial charge >= 0.3 is 0 Å². The second-order valence-corrected chi connectivity index (χ2v) is 5.80. The highest BCUT2D eigenvalue weighted by Gasteiger charge is 2.38. The van der Waals surface area contributed by atoms with Crippen molar-refractivity contribution in [1.29, 1.82) is 0 Å². The number of para-hydroxylation sites is 1. The van der Waals surface area contributed by atoms with Crippen molar-refractivity contribution in [3.8, 4) is 0 Å². The maximum atomic E-state index is 10.0. The molecule has 2 heterocycles. The Balaban J connectivity index is 1.74. The van der Waals surface area contributed by atoms with Gasteiger partial charge in [0.25, 0.3) is 0 Å². The van der Waals surface area contributed by atoms with E-state index in [9.17, 15) is 10.2 Å². The summed E-state index contributed by atoms with van der Waals surface area (Å²) in [6.07, 6.45) is -2.85. The van der Waals surface area contributed by atoms with Crippen LogP contribution in [-0.4, -0.2) is 57.9 Å². The molecule has 1 aliphatic heterocycles. The summed E-state index contributed by atoms with van der Waals surface area (Å²) in [5, 5.41) is 32.7. The zero-order valence-electron chi connectivity index (χ0n) is 10.6. The van der Waals surface area contributed by atoms with E-state index in [0.29, 0.717) is 5.13 Å². The number of aliphatic hydroxyl groups is 3. The molecule has 1 saturated heterocycles. The summed E-state index contributed by atoms with van der Waals surface area (Å²) in [6.45, 7) is -0.106. The molecule has 1 aliphatic rings. The van der Waals surface area contributed by atoms with Gasteiger partial charge in [-0.15, -0.1) is 0 Å². The Kier molecular flexibility index (Phi) is 3.86. The highest BCUT2D eigenvalue weighted by atomic mass is 32.1. The van der Waals surface area contributed by atoms with Crippen LogP contribution in [0.15, 0.2) is 24.3 Å². The van der Waals surface area contributed by atoms with E-state index >= 15 is 0 Å². The molecule has 4 atom stereocenters. The third-order valence-electron chi connectivity index (χ3n) is 3.42. The van der Waals surface area contributed by atoms with Gasteiger partial charge in [0.2, 0.25) is 0 Å². The maximum absolute atomic E-state index is 10.0. The van der Waals surface area contributed by atoms with Crippen molar-refractivity contribution in [3.05, 3.63) is 24.3 Å². The number of nitrogens with one attached hydrogen (secondary N) is 1. The van der Waals surface area contributed by atoms with Crippen LogP contribution in [0.1, 0.15) is 0 Å². The lowest BCUT2D eigenvalue weighted by Gasteiger charge is -2.37. The van der Waals surface area contributed by atoms with Crippen molar-refractivity contribution in [2.24, 2.45) is 0 Å². The predicted molar refractivity (Wildman–Crippen MR) is 75.9 cm³/mol. The van der Waals surface area contributed by atoms with Gasteiger partial charge in [-0.2, -0.15) is 0 Å². The van der Waals surface area contributed by atoms with E-state index in [2.05, 4.69) is 10.3 Å². The molecule has 0 aliphatic carbocycles. The number of aliphatic hydroxyl groups excluding tert-OH is 3. The van der Waals surface area contributed by atoms with Crippen molar-refractivity contribution < 1.29 is 20.1 Å². The summed E-state index contributed by atoms with van der Waals surface area (Å²) in [7, 11) is 0. The summed E-state index contributed by atoms with van der Waals surface area (Å²) in [5.74, 6) is 0. The van der Waals surface area contributed by atoms with Crippen LogP contribution in [-0.2, 0) is 4.74 Å². The average Bonchev–Trinajstić information content (AvgIpc) is 2.86. The van der Waals surface area contributed by atoms with Crippen molar-refractivity contribution >= 4 is 26.7 Å². The molecule has 0 saturated carbocycles. The highest BCUT2D eigenvalue weighted by Crippen LogP contribution is 2.27. The molecule has 6 nitrogen and oxygen atoms in total. The summed E-state index contributed by atoms with van der Waals surface area (Å²) in [5.41, 5.74) is 0.889. The normalized spacial score (nSPS) is 30.6. The van der Waals surface area contributed by atoms with Gasteiger partial charge < -0.3 is 25.4 Å². The van der Waals surface area contributed by atoms with Crippen molar-refractivity contribution in [3.63, 3.8) is 0 Å². The quantitative estimate of drug-likeness (QED) is 0.646. The van der Waals surface area contributed by atoms with Gasteiger partial charge in [-0.25, -0.2) is 4.98 Å². The molecular formula is C13H16N2O4S. The molecule has 108 valence electrons. The molecule has 0 unspecified atom stereocenters. The lowest BCUT2D eigenvalue weighted by atomic mass is 9.99. The first-order valence-corrected chi connectivity index (χ1v) is 7.21. The molecule has 1 fully saturated rings. The predicted octanol–water partition coefficient (Wildman–Crippen LogP) is 0.190. The molecule has 0 spiro atoms. The zero-order valence-corrected chi connectivity index (χ0v) is 11.5. The number of aromatic nitrogens is 1. The van der Waals surface area contributed by atoms with Crippen molar-refractivity contribution in [2.45, 2.75) is 24.4 Å². The van der Waals surface area contributed by atoms with Gasteiger partial charge in [-0.1, -0.05) is 23.5 Å². The number of fused-ring (bicyclic) bond motifs is 1. The third kappa shape index (κ3) is 2.50. The van der Waals surface area contributed by atoms with Gasteiger partial charge in [0.15, 0.2) is 5.13 Å². The Bertz CT molecular complexity index is 558. The minimum atomic E-state index is -1.11. The second kappa shape index (κ2) is 5.63. The van der Waals surface area contributed by atoms with Gasteiger partial charge in [0.05, 0.1) is 29.5 Å². The van der Waals surface area contributed by atoms with Crippen LogP contribution < -0.4 is 5.32 Å². The Morgan fingerprint density at radius 3 is 2.85 bits per heavy atom. The van der Waals surface area contributed by atoms with Gasteiger partial charge in [-0.05, 0) is 12.1 Å². The van der Waals surface area contributed by atoms with Gasteiger partial charge in [-0.3, -0.25) is 0 Å². The van der Waals surface area contributed by atoms with Gasteiger partial charge in [0.1, 0.15) is 18.3 Å². The van der Waals surface area contributed by atoms with E-state index in [0.717, 1.165) is 10.2 Å². The minimum absolute atomic E-state index is 0.208. The van der Waals surface area contributed by atoms with E-state index in [1.54, 1.807) is 0 Å². The van der Waals surface area contributed by atoms with Crippen molar-refractivity contribution in [2.75, 3.05) is 18.5 Å². The van der Waals surface area contributed by atoms with E-state index in [1.807, 2.05) is 24.3 Å². The van der Waals surface area contributed by atoms with Crippen LogP contribution in [0.4, 0.5) is 5.13 Å². The minimum Gasteiger partial charge on any atom is -0.394 e. The lowest BCUT2D eigenvalue weighted by molar-refractivity contribution is -0.152. The SMILES string of the molecule is OC[C@H]1OC[C@H](Nc2nc3ccccc3s2)[C@@H](O)[C@H]1O. The molecule has 0 bridgehead atoms. The summed E-state index contributed by atoms with van der Waals surface area (Å²) in [6, 6.07) is 7.30. The van der Waals surface area contributed by atoms with Crippen LogP contribution in [0.3, 0.4) is 0 Å². The Morgan fingerprint density at radius 1 is 1.30 bits per heavy atom. The number of nitrogens with zero attached hydrogens (tertiary/aromatic N) is 1. The first-order valence-electron chi connectivity index (χ1n) is 6.39. The largest absolute Gasteiger partial charge is 0.394 e. The maximum Gasteiger partial charge on any atom is 0.184 e. The molecule has 2 aromatic rings. The average molecular weight is 296 g/mol. The van der Waals surface area contributed by atoms with Crippen LogP contribution >= 0.6 is 11.3 Å². The van der Waals surface area contributed by atoms with Crippen LogP contribution in [0.5, 0.6) is 0 Å². The fourth-order valence-electron chi connectivity index (χ4n) is 2.26. The van der Waals surface area contributed by atoms with Crippen LogP contribution in [0.2, 0.25) is 0 Å². The number of thiazole rings is 1. The van der Waals surface area contributed by atoms with E-state index < -0.39 is 24.4 Å². The van der Waals surface area contributed by atoms with Crippen molar-refractivity contribution in [1.82, 2.24) is 4.98 Å². The smallest absolute Gasteiger partial charge is 0.184 e. The van der Waals surface area contributed by atoms with E-state index in [-0.39, 0.29) is 13.2 Å². The number of ether oxygens (including phenoxy) is 1. The molecule has 4 N–H and O–H groups in total. The number of hydrogen-bond donors (Lipinski definition) is 4. The molecule has 3 rings (SSSR count). The monoisotopic (exact) mass is 296 g/mol. The lowest BCUT2D eigenvalue weighted by Crippen LogP contribution is -2.56. The Hall–Kier alpha value is -1.25. The third-order valence-corrected chi connectivity index (χ3v) is 4.38. The molecule has 1 aromatic heterocycles. The van der Waals surface area contributed by atoms with E-state index in [4.69, 9.17) is 9.84 Å². The highest BCUT2D eigenvalue weighted by molar-refractivity contribution is 7.22. The summed E-state index contributed by atoms with van der Waals surface area (Å²) < 4.78 is 6.37. The molecule has 0 radical (unpaired) electrons. The molecular weight excluding hydrogens is 280 g/mol. The Labute approximate surface area is 119 Å². The second-order valence-electron chi connectivity index (χ2n) is 4.77. The van der Waals surface area contributed by atoms with Gasteiger partial charge in [0, 0.05) is 0 Å². The van der Waals surface area contributed by atoms with E-state index in [1.165, 1.54) is 11.3 Å². The number of benzene rings is 1. The fourth-order valence-corrected chi connectivity index (χ4v) is 3.19. The summed E-state index contributed by atoms with van der Waals surface area (Å²) >= 11 is 1.48. The topological polar surface area (TPSA) is 94.8 Å². The zero-order chi connectivity index (χ0) is 14.1. The standard InChI is InChI=1S/C13H16N2O4S/c16-5-9-12(18)11(17)8(6-19-9)15-13-14-7-3-1-2-4-10(7)20-13/h1-4,8-9,11-12,16-18H,5-6H2,(H,14,15)/t8-,9+,11+,12-/m0/s1.